The van der Waals surface area contributed by atoms with Crippen molar-refractivity contribution in [1.82, 2.24) is 5.32 Å². The summed E-state index contributed by atoms with van der Waals surface area (Å²) in [7, 11) is -4.72. The van der Waals surface area contributed by atoms with Crippen molar-refractivity contribution in [2.24, 2.45) is 0 Å². The molecule has 12 heteroatoms. The molecule has 0 radical (unpaired) electrons. The van der Waals surface area contributed by atoms with E-state index < -0.39 is 57.6 Å². The van der Waals surface area contributed by atoms with Gasteiger partial charge in [-0.25, -0.2) is 9.36 Å². The molecule has 0 aromatic carbocycles. The number of carbonyl (C=O) groups is 3. The molecule has 0 bridgehead atoms. The van der Waals surface area contributed by atoms with E-state index in [-0.39, 0.29) is 12.8 Å². The number of rotatable bonds is 31. The fourth-order valence-corrected chi connectivity index (χ4v) is 5.12. The zero-order valence-corrected chi connectivity index (χ0v) is 28.1. The van der Waals surface area contributed by atoms with Crippen LogP contribution < -0.4 is 5.32 Å². The Morgan fingerprint density at radius 1 is 0.705 bits per heavy atom. The molecule has 3 atom stereocenters. The Morgan fingerprint density at radius 3 is 1.75 bits per heavy atom. The molecule has 0 aromatic rings. The molecule has 1 amide bonds. The lowest BCUT2D eigenvalue weighted by molar-refractivity contribution is -0.147. The Kier molecular flexibility index (Phi) is 27.5. The van der Waals surface area contributed by atoms with E-state index >= 15 is 0 Å². The molecule has 4 N–H and O–H groups in total. The van der Waals surface area contributed by atoms with E-state index in [9.17, 15) is 34.1 Å². The van der Waals surface area contributed by atoms with E-state index in [1.165, 1.54) is 70.6 Å². The largest absolute Gasteiger partial charge is 0.480 e. The molecule has 0 rings (SSSR count). The van der Waals surface area contributed by atoms with E-state index in [1.807, 2.05) is 6.92 Å². The number of hydrogen-bond donors (Lipinski definition) is 4. The van der Waals surface area contributed by atoms with Crippen LogP contribution in [0.2, 0.25) is 0 Å². The van der Waals surface area contributed by atoms with Gasteiger partial charge in [0.25, 0.3) is 0 Å². The minimum absolute atomic E-state index is 0.121. The first-order chi connectivity index (χ1) is 21.1. The van der Waals surface area contributed by atoms with Crippen molar-refractivity contribution in [3.05, 3.63) is 12.2 Å². The first kappa shape index (κ1) is 42.2. The summed E-state index contributed by atoms with van der Waals surface area (Å²) in [4.78, 5) is 44.7. The zero-order valence-electron chi connectivity index (χ0n) is 27.2. The number of amides is 1. The van der Waals surface area contributed by atoms with Gasteiger partial charge in [0.15, 0.2) is 6.04 Å². The van der Waals surface area contributed by atoms with Crippen molar-refractivity contribution in [2.75, 3.05) is 19.8 Å². The average molecular weight is 650 g/mol. The van der Waals surface area contributed by atoms with Gasteiger partial charge in [-0.15, -0.1) is 0 Å². The van der Waals surface area contributed by atoms with Crippen molar-refractivity contribution in [3.63, 3.8) is 0 Å². The minimum Gasteiger partial charge on any atom is -0.480 e. The number of phosphoric acid groups is 1. The summed E-state index contributed by atoms with van der Waals surface area (Å²) in [5.74, 6) is -2.43. The highest BCUT2D eigenvalue weighted by Crippen LogP contribution is 2.43. The predicted molar refractivity (Wildman–Crippen MR) is 171 cm³/mol. The van der Waals surface area contributed by atoms with Gasteiger partial charge in [0.1, 0.15) is 12.7 Å². The molecule has 44 heavy (non-hydrogen) atoms. The number of unbranched alkanes of at least 4 members (excludes halogenated alkanes) is 15. The number of allylic oxidation sites excluding steroid dienone is 2. The van der Waals surface area contributed by atoms with Crippen molar-refractivity contribution in [2.45, 2.75) is 154 Å². The summed E-state index contributed by atoms with van der Waals surface area (Å²) in [5, 5.41) is 21.3. The molecule has 0 heterocycles. The first-order valence-corrected chi connectivity index (χ1v) is 18.2. The van der Waals surface area contributed by atoms with Gasteiger partial charge in [0.2, 0.25) is 5.91 Å². The molecule has 0 aliphatic heterocycles. The fraction of sp³-hybridized carbons (Fsp3) is 0.844. The van der Waals surface area contributed by atoms with Gasteiger partial charge in [-0.05, 0) is 38.5 Å². The van der Waals surface area contributed by atoms with Crippen molar-refractivity contribution >= 4 is 25.7 Å². The first-order valence-electron chi connectivity index (χ1n) is 16.7. The Morgan fingerprint density at radius 2 is 1.20 bits per heavy atom. The van der Waals surface area contributed by atoms with Crippen LogP contribution in [0.25, 0.3) is 0 Å². The van der Waals surface area contributed by atoms with Crippen LogP contribution in [0.5, 0.6) is 0 Å². The number of hydrogen-bond acceptors (Lipinski definition) is 8. The number of carboxylic acid groups (broad SMARTS) is 1. The van der Waals surface area contributed by atoms with Gasteiger partial charge in [-0.2, -0.15) is 0 Å². The van der Waals surface area contributed by atoms with Gasteiger partial charge in [0, 0.05) is 12.8 Å². The summed E-state index contributed by atoms with van der Waals surface area (Å²) < 4.78 is 26.3. The van der Waals surface area contributed by atoms with Gasteiger partial charge in [0.05, 0.1) is 13.2 Å². The minimum atomic E-state index is -4.72. The van der Waals surface area contributed by atoms with E-state index in [0.29, 0.717) is 12.8 Å². The Hall–Kier alpha value is -1.78. The van der Waals surface area contributed by atoms with Crippen LogP contribution in [0, 0.1) is 0 Å². The van der Waals surface area contributed by atoms with Crippen LogP contribution in [0.3, 0.4) is 0 Å². The summed E-state index contributed by atoms with van der Waals surface area (Å²) >= 11 is 0. The molecular formula is C32H60NO10P. The highest BCUT2D eigenvalue weighted by molar-refractivity contribution is 7.47. The van der Waals surface area contributed by atoms with Gasteiger partial charge >= 0.3 is 19.8 Å². The number of nitrogens with one attached hydrogen (secondary N) is 1. The highest BCUT2D eigenvalue weighted by Gasteiger charge is 2.28. The molecule has 0 saturated carbocycles. The van der Waals surface area contributed by atoms with Gasteiger partial charge in [-0.3, -0.25) is 18.6 Å². The SMILES string of the molecule is CCCCCCCCC/C=C\CCCCCCCCCC(=O)OCC(O)COP(=O)(O)OCC(NC(=O)CCCC)C(=O)O. The number of ether oxygens (including phenoxy) is 1. The molecule has 0 aromatic heterocycles. The monoisotopic (exact) mass is 649 g/mol. The third kappa shape index (κ3) is 27.7. The molecule has 0 fully saturated rings. The molecular weight excluding hydrogens is 589 g/mol. The standard InChI is InChI=1S/C32H60NO10P/c1-3-5-7-8-9-10-11-12-13-14-15-16-17-18-19-20-21-22-24-31(36)41-25-28(34)26-42-44(39,40)43-27-29(32(37)38)33-30(35)23-6-4-2/h13-14,28-29,34H,3-12,15-27H2,1-2H3,(H,33,35)(H,37,38)(H,39,40)/b14-13-. The number of carboxylic acids is 1. The number of aliphatic carboxylic acids is 1. The van der Waals surface area contributed by atoms with Crippen LogP contribution in [-0.4, -0.2) is 64.9 Å². The Bertz CT molecular complexity index is 823. The molecule has 0 saturated heterocycles. The maximum absolute atomic E-state index is 12.0. The normalized spacial score (nSPS) is 14.3. The quantitative estimate of drug-likeness (QED) is 0.0266. The number of esters is 1. The maximum Gasteiger partial charge on any atom is 0.472 e. The van der Waals surface area contributed by atoms with Crippen molar-refractivity contribution < 1.29 is 47.8 Å². The zero-order chi connectivity index (χ0) is 32.9. The van der Waals surface area contributed by atoms with Gasteiger partial charge < -0.3 is 25.2 Å². The van der Waals surface area contributed by atoms with Crippen LogP contribution in [-0.2, 0) is 32.7 Å². The smallest absolute Gasteiger partial charge is 0.472 e. The highest BCUT2D eigenvalue weighted by atomic mass is 31.2. The second kappa shape index (κ2) is 28.7. The van der Waals surface area contributed by atoms with E-state index in [0.717, 1.165) is 32.1 Å². The van der Waals surface area contributed by atoms with Crippen molar-refractivity contribution in [1.29, 1.82) is 0 Å². The lowest BCUT2D eigenvalue weighted by Gasteiger charge is -2.18. The number of aliphatic hydroxyl groups excluding tert-OH is 1. The number of phosphoric ester groups is 1. The summed E-state index contributed by atoms with van der Waals surface area (Å²) in [5.41, 5.74) is 0. The van der Waals surface area contributed by atoms with Crippen LogP contribution in [0.4, 0.5) is 0 Å². The second-order valence-electron chi connectivity index (χ2n) is 11.4. The second-order valence-corrected chi connectivity index (χ2v) is 12.8. The Labute approximate surface area is 265 Å². The third-order valence-electron chi connectivity index (χ3n) is 7.05. The van der Waals surface area contributed by atoms with E-state index in [2.05, 4.69) is 33.4 Å². The maximum atomic E-state index is 12.0. The van der Waals surface area contributed by atoms with E-state index in [4.69, 9.17) is 4.74 Å². The molecule has 0 aliphatic carbocycles. The number of carbonyl (C=O) groups excluding carboxylic acids is 2. The van der Waals surface area contributed by atoms with Gasteiger partial charge in [-0.1, -0.05) is 103 Å². The van der Waals surface area contributed by atoms with Crippen LogP contribution in [0.1, 0.15) is 142 Å². The third-order valence-corrected chi connectivity index (χ3v) is 8.01. The lowest BCUT2D eigenvalue weighted by atomic mass is 10.1. The molecule has 258 valence electrons. The summed E-state index contributed by atoms with van der Waals surface area (Å²) in [6, 6.07) is -1.54. The predicted octanol–water partition coefficient (Wildman–Crippen LogP) is 6.99. The molecule has 11 nitrogen and oxygen atoms in total. The molecule has 3 unspecified atom stereocenters. The lowest BCUT2D eigenvalue weighted by Crippen LogP contribution is -2.43. The van der Waals surface area contributed by atoms with Crippen LogP contribution in [0.15, 0.2) is 12.2 Å². The van der Waals surface area contributed by atoms with Crippen molar-refractivity contribution in [3.8, 4) is 0 Å². The van der Waals surface area contributed by atoms with Crippen LogP contribution >= 0.6 is 7.82 Å². The average Bonchev–Trinajstić information content (AvgIpc) is 2.99. The Balaban J connectivity index is 3.79. The summed E-state index contributed by atoms with van der Waals surface area (Å²) in [6.07, 6.45) is 24.1. The molecule has 0 aliphatic rings. The topological polar surface area (TPSA) is 169 Å². The fourth-order valence-electron chi connectivity index (χ4n) is 4.34. The summed E-state index contributed by atoms with van der Waals surface area (Å²) in [6.45, 7) is 2.23. The number of aliphatic hydroxyl groups is 1. The van der Waals surface area contributed by atoms with E-state index in [1.54, 1.807) is 0 Å². The molecule has 0 spiro atoms.